The fourth-order valence-corrected chi connectivity index (χ4v) is 4.36. The Kier molecular flexibility index (Phi) is 8.62. The Morgan fingerprint density at radius 3 is 2.83 bits per heavy atom. The lowest BCUT2D eigenvalue weighted by Crippen LogP contribution is -2.46. The summed E-state index contributed by atoms with van der Waals surface area (Å²) in [5, 5.41) is 4.81. The molecule has 1 aromatic heterocycles. The van der Waals surface area contributed by atoms with E-state index in [1.165, 1.54) is 17.3 Å². The lowest BCUT2D eigenvalue weighted by atomic mass is 10.2. The summed E-state index contributed by atoms with van der Waals surface area (Å²) in [6, 6.07) is 11.4. The van der Waals surface area contributed by atoms with Crippen molar-refractivity contribution in [3.05, 3.63) is 36.5 Å². The lowest BCUT2D eigenvalue weighted by Gasteiger charge is -2.32. The molecular formula is C22H34IN5O. The number of guanidine groups is 1. The summed E-state index contributed by atoms with van der Waals surface area (Å²) in [5.41, 5.74) is 1.31. The van der Waals surface area contributed by atoms with Gasteiger partial charge < -0.3 is 19.5 Å². The van der Waals surface area contributed by atoms with Crippen LogP contribution in [-0.2, 0) is 11.3 Å². The maximum Gasteiger partial charge on any atom is 0.193 e. The molecule has 29 heavy (non-hydrogen) atoms. The van der Waals surface area contributed by atoms with E-state index in [0.29, 0.717) is 6.04 Å². The van der Waals surface area contributed by atoms with E-state index in [4.69, 9.17) is 9.73 Å². The van der Waals surface area contributed by atoms with Gasteiger partial charge in [-0.1, -0.05) is 18.2 Å². The van der Waals surface area contributed by atoms with Crippen LogP contribution in [0, 0.1) is 0 Å². The summed E-state index contributed by atoms with van der Waals surface area (Å²) >= 11 is 0. The highest BCUT2D eigenvalue weighted by Gasteiger charge is 2.30. The first-order valence-electron chi connectivity index (χ1n) is 10.7. The molecule has 0 spiro atoms. The second kappa shape index (κ2) is 11.2. The van der Waals surface area contributed by atoms with Crippen LogP contribution in [0.4, 0.5) is 0 Å². The van der Waals surface area contributed by atoms with Crippen molar-refractivity contribution < 1.29 is 4.74 Å². The second-order valence-corrected chi connectivity index (χ2v) is 7.69. The Morgan fingerprint density at radius 2 is 2.00 bits per heavy atom. The monoisotopic (exact) mass is 511 g/mol. The molecule has 7 heteroatoms. The van der Waals surface area contributed by atoms with Crippen molar-refractivity contribution in [1.29, 1.82) is 0 Å². The van der Waals surface area contributed by atoms with Gasteiger partial charge in [-0.2, -0.15) is 0 Å². The number of hydrogen-bond acceptors (Lipinski definition) is 3. The number of halogens is 1. The molecule has 0 amide bonds. The van der Waals surface area contributed by atoms with Crippen LogP contribution in [0.5, 0.6) is 0 Å². The molecule has 1 aromatic carbocycles. The number of aryl methyl sites for hydroxylation is 1. The Bertz CT molecular complexity index is 786. The summed E-state index contributed by atoms with van der Waals surface area (Å²) in [5.74, 6) is 1.08. The predicted molar refractivity (Wildman–Crippen MR) is 130 cm³/mol. The zero-order valence-electron chi connectivity index (χ0n) is 17.4. The van der Waals surface area contributed by atoms with E-state index in [1.807, 2.05) is 0 Å². The number of aliphatic imine (C=N–C) groups is 1. The average Bonchev–Trinajstić information content (AvgIpc) is 3.39. The first kappa shape index (κ1) is 22.4. The van der Waals surface area contributed by atoms with Crippen molar-refractivity contribution in [2.45, 2.75) is 32.4 Å². The molecule has 6 nitrogen and oxygen atoms in total. The third-order valence-electron chi connectivity index (χ3n) is 5.86. The van der Waals surface area contributed by atoms with Crippen LogP contribution < -0.4 is 5.32 Å². The molecule has 0 saturated carbocycles. The van der Waals surface area contributed by atoms with E-state index in [1.54, 1.807) is 0 Å². The number of hydrogen-bond donors (Lipinski definition) is 1. The normalized spacial score (nSPS) is 20.8. The molecule has 1 unspecified atom stereocenters. The van der Waals surface area contributed by atoms with E-state index < -0.39 is 0 Å². The maximum absolute atomic E-state index is 5.50. The number of fused-ring (bicyclic) bond motifs is 1. The van der Waals surface area contributed by atoms with E-state index in [2.05, 4.69) is 63.1 Å². The van der Waals surface area contributed by atoms with E-state index in [0.717, 1.165) is 71.4 Å². The molecule has 2 aromatic rings. The second-order valence-electron chi connectivity index (χ2n) is 7.69. The van der Waals surface area contributed by atoms with Gasteiger partial charge in [-0.15, -0.1) is 24.0 Å². The fourth-order valence-electron chi connectivity index (χ4n) is 4.36. The van der Waals surface area contributed by atoms with Crippen LogP contribution in [0.2, 0.25) is 0 Å². The van der Waals surface area contributed by atoms with Gasteiger partial charge in [0.1, 0.15) is 0 Å². The standard InChI is InChI=1S/C22H33N5O.HI/c1-2-23-22(27-13-9-20(18-27)25-14-16-28-17-15-25)24-10-5-11-26-12-8-19-6-3-4-7-21(19)26;/h3-4,6-8,12,20H,2,5,9-11,13-18H2,1H3,(H,23,24);1H. The average molecular weight is 511 g/mol. The minimum atomic E-state index is 0. The van der Waals surface area contributed by atoms with Crippen LogP contribution in [-0.4, -0.2) is 78.9 Å². The highest BCUT2D eigenvalue weighted by atomic mass is 127. The van der Waals surface area contributed by atoms with Gasteiger partial charge in [-0.05, 0) is 37.3 Å². The highest BCUT2D eigenvalue weighted by Crippen LogP contribution is 2.18. The van der Waals surface area contributed by atoms with Crippen LogP contribution in [0.1, 0.15) is 19.8 Å². The quantitative estimate of drug-likeness (QED) is 0.281. The van der Waals surface area contributed by atoms with Crippen molar-refractivity contribution in [2.24, 2.45) is 4.99 Å². The van der Waals surface area contributed by atoms with Gasteiger partial charge in [-0.25, -0.2) is 0 Å². The minimum Gasteiger partial charge on any atom is -0.379 e. The SMILES string of the molecule is CCNC(=NCCCn1ccc2ccccc21)N1CCC(N2CCOCC2)C1.I. The lowest BCUT2D eigenvalue weighted by molar-refractivity contribution is 0.0195. The number of aromatic nitrogens is 1. The van der Waals surface area contributed by atoms with Crippen LogP contribution >= 0.6 is 24.0 Å². The van der Waals surface area contributed by atoms with E-state index >= 15 is 0 Å². The molecule has 3 heterocycles. The summed E-state index contributed by atoms with van der Waals surface area (Å²) in [7, 11) is 0. The first-order valence-corrected chi connectivity index (χ1v) is 10.7. The van der Waals surface area contributed by atoms with Gasteiger partial charge >= 0.3 is 0 Å². The number of rotatable bonds is 6. The van der Waals surface area contributed by atoms with E-state index in [-0.39, 0.29) is 24.0 Å². The zero-order valence-corrected chi connectivity index (χ0v) is 19.8. The van der Waals surface area contributed by atoms with Gasteiger partial charge in [-0.3, -0.25) is 9.89 Å². The topological polar surface area (TPSA) is 45.0 Å². The Labute approximate surface area is 191 Å². The van der Waals surface area contributed by atoms with Crippen LogP contribution in [0.3, 0.4) is 0 Å². The van der Waals surface area contributed by atoms with Gasteiger partial charge in [0.2, 0.25) is 0 Å². The zero-order chi connectivity index (χ0) is 19.2. The Hall–Kier alpha value is -1.32. The highest BCUT2D eigenvalue weighted by molar-refractivity contribution is 14.0. The largest absolute Gasteiger partial charge is 0.379 e. The molecule has 2 fully saturated rings. The molecule has 2 aliphatic heterocycles. The first-order chi connectivity index (χ1) is 13.8. The molecule has 1 N–H and O–H groups in total. The number of nitrogens with zero attached hydrogens (tertiary/aromatic N) is 4. The van der Waals surface area contributed by atoms with Crippen molar-refractivity contribution in [3.63, 3.8) is 0 Å². The van der Waals surface area contributed by atoms with Crippen molar-refractivity contribution in [3.8, 4) is 0 Å². The number of para-hydroxylation sites is 1. The third-order valence-corrected chi connectivity index (χ3v) is 5.86. The number of benzene rings is 1. The molecule has 2 saturated heterocycles. The minimum absolute atomic E-state index is 0. The summed E-state index contributed by atoms with van der Waals surface area (Å²) in [6.45, 7) is 11.0. The molecule has 160 valence electrons. The molecular weight excluding hydrogens is 477 g/mol. The Balaban J connectivity index is 0.00000240. The Morgan fingerprint density at radius 1 is 1.17 bits per heavy atom. The van der Waals surface area contributed by atoms with Crippen LogP contribution in [0.15, 0.2) is 41.5 Å². The van der Waals surface area contributed by atoms with Crippen molar-refractivity contribution >= 4 is 40.8 Å². The number of likely N-dealkylation sites (tertiary alicyclic amines) is 1. The van der Waals surface area contributed by atoms with Gasteiger partial charge in [0, 0.05) is 63.6 Å². The van der Waals surface area contributed by atoms with Gasteiger partial charge in [0.05, 0.1) is 13.2 Å². The summed E-state index contributed by atoms with van der Waals surface area (Å²) in [6.07, 6.45) is 4.46. The van der Waals surface area contributed by atoms with E-state index in [9.17, 15) is 0 Å². The molecule has 4 rings (SSSR count). The van der Waals surface area contributed by atoms with Gasteiger partial charge in [0.15, 0.2) is 5.96 Å². The smallest absolute Gasteiger partial charge is 0.193 e. The van der Waals surface area contributed by atoms with Crippen molar-refractivity contribution in [2.75, 3.05) is 52.5 Å². The summed E-state index contributed by atoms with van der Waals surface area (Å²) < 4.78 is 7.84. The number of nitrogens with one attached hydrogen (secondary N) is 1. The predicted octanol–water partition coefficient (Wildman–Crippen LogP) is 3.02. The number of ether oxygens (including phenoxy) is 1. The van der Waals surface area contributed by atoms with Crippen LogP contribution in [0.25, 0.3) is 10.9 Å². The van der Waals surface area contributed by atoms with Crippen molar-refractivity contribution in [1.82, 2.24) is 19.7 Å². The summed E-state index contributed by atoms with van der Waals surface area (Å²) in [4.78, 5) is 9.96. The molecule has 0 bridgehead atoms. The molecule has 0 aliphatic carbocycles. The molecule has 1 atom stereocenters. The maximum atomic E-state index is 5.50. The van der Waals surface area contributed by atoms with Gasteiger partial charge in [0.25, 0.3) is 0 Å². The third kappa shape index (κ3) is 5.64. The number of morpholine rings is 1. The molecule has 2 aliphatic rings. The fraction of sp³-hybridized carbons (Fsp3) is 0.591. The molecule has 0 radical (unpaired) electrons.